The second-order valence-electron chi connectivity index (χ2n) is 8.48. The first kappa shape index (κ1) is 23.6. The van der Waals surface area contributed by atoms with E-state index in [1.807, 2.05) is 60.7 Å². The van der Waals surface area contributed by atoms with Crippen molar-refractivity contribution < 1.29 is 23.4 Å². The molecule has 1 atom stereocenters. The van der Waals surface area contributed by atoms with E-state index in [1.165, 1.54) is 23.5 Å². The molecule has 3 aromatic carbocycles. The van der Waals surface area contributed by atoms with Gasteiger partial charge in [0.05, 0.1) is 32.6 Å². The zero-order valence-electron chi connectivity index (χ0n) is 19.3. The van der Waals surface area contributed by atoms with Crippen molar-refractivity contribution in [2.45, 2.75) is 19.5 Å². The highest BCUT2D eigenvalue weighted by Gasteiger charge is 2.26. The Labute approximate surface area is 221 Å². The van der Waals surface area contributed by atoms with Gasteiger partial charge in [0.15, 0.2) is 0 Å². The third-order valence-corrected chi connectivity index (χ3v) is 7.27. The highest BCUT2D eigenvalue weighted by atomic mass is 35.5. The predicted molar refractivity (Wildman–Crippen MR) is 140 cm³/mol. The summed E-state index contributed by atoms with van der Waals surface area (Å²) in [6.07, 6.45) is -0.641. The number of fused-ring (bicyclic) bond motifs is 2. The summed E-state index contributed by atoms with van der Waals surface area (Å²) < 4.78 is 32.6. The summed E-state index contributed by atoms with van der Waals surface area (Å²) in [6.45, 7) is 0.00652. The minimum atomic E-state index is -0.641. The van der Waals surface area contributed by atoms with Gasteiger partial charge in [-0.05, 0) is 36.4 Å². The van der Waals surface area contributed by atoms with Crippen molar-refractivity contribution in [2.75, 3.05) is 0 Å². The van der Waals surface area contributed by atoms with Gasteiger partial charge in [0.1, 0.15) is 18.2 Å². The van der Waals surface area contributed by atoms with Gasteiger partial charge in [-0.1, -0.05) is 60.1 Å². The molecule has 3 heterocycles. The van der Waals surface area contributed by atoms with Gasteiger partial charge in [0, 0.05) is 22.1 Å². The van der Waals surface area contributed by atoms with Gasteiger partial charge < -0.3 is 14.2 Å². The molecule has 1 unspecified atom stereocenters. The smallest absolute Gasteiger partial charge is 0.339 e. The first-order valence-electron chi connectivity index (χ1n) is 11.5. The molecule has 184 valence electrons. The summed E-state index contributed by atoms with van der Waals surface area (Å²) in [4.78, 5) is 18.9. The molecular weight excluding hydrogens is 513 g/mol. The molecule has 1 aliphatic heterocycles. The molecule has 0 spiro atoms. The van der Waals surface area contributed by atoms with Gasteiger partial charge >= 0.3 is 5.97 Å². The van der Waals surface area contributed by atoms with Crippen LogP contribution in [0.4, 0.5) is 4.39 Å². The van der Waals surface area contributed by atoms with E-state index >= 15 is 0 Å². The van der Waals surface area contributed by atoms with Crippen LogP contribution in [0.2, 0.25) is 4.34 Å². The summed E-state index contributed by atoms with van der Waals surface area (Å²) >= 11 is 7.49. The van der Waals surface area contributed by atoms with Crippen molar-refractivity contribution in [3.05, 3.63) is 117 Å². The summed E-state index contributed by atoms with van der Waals surface area (Å²) in [5.74, 6) is -0.545. The second-order valence-corrected chi connectivity index (χ2v) is 10.2. The molecule has 8 heteroatoms. The minimum absolute atomic E-state index is 0.169. The summed E-state index contributed by atoms with van der Waals surface area (Å²) in [7, 11) is 0. The maximum Gasteiger partial charge on any atom is 0.339 e. The highest BCUT2D eigenvalue weighted by Crippen LogP contribution is 2.37. The van der Waals surface area contributed by atoms with Crippen LogP contribution in [0.25, 0.3) is 21.5 Å². The summed E-state index contributed by atoms with van der Waals surface area (Å²) in [5.41, 5.74) is 3.47. The Morgan fingerprint density at radius 1 is 1.05 bits per heavy atom. The molecule has 0 saturated heterocycles. The highest BCUT2D eigenvalue weighted by molar-refractivity contribution is 7.19. The maximum absolute atomic E-state index is 14.4. The lowest BCUT2D eigenvalue weighted by Crippen LogP contribution is -2.20. The molecule has 0 aliphatic carbocycles. The molecule has 0 bridgehead atoms. The van der Waals surface area contributed by atoms with Gasteiger partial charge in [-0.3, -0.25) is 0 Å². The number of aromatic nitrogens is 1. The van der Waals surface area contributed by atoms with Crippen LogP contribution in [-0.4, -0.2) is 11.0 Å². The lowest BCUT2D eigenvalue weighted by Gasteiger charge is -2.28. The van der Waals surface area contributed by atoms with Crippen molar-refractivity contribution in [1.29, 1.82) is 0 Å². The zero-order valence-corrected chi connectivity index (χ0v) is 20.9. The largest absolute Gasteiger partial charge is 0.460 e. The normalized spacial score (nSPS) is 14.7. The van der Waals surface area contributed by atoms with Gasteiger partial charge in [0.2, 0.25) is 6.29 Å². The lowest BCUT2D eigenvalue weighted by molar-refractivity contribution is -0.112. The Kier molecular flexibility index (Phi) is 6.34. The van der Waals surface area contributed by atoms with Crippen molar-refractivity contribution in [3.8, 4) is 16.3 Å². The fourth-order valence-corrected chi connectivity index (χ4v) is 5.31. The van der Waals surface area contributed by atoms with Crippen molar-refractivity contribution in [3.63, 3.8) is 0 Å². The molecule has 0 fully saturated rings. The van der Waals surface area contributed by atoms with Crippen LogP contribution < -0.4 is 4.74 Å². The molecular formula is C29H19ClFNO4S. The maximum atomic E-state index is 14.4. The number of esters is 1. The Morgan fingerprint density at radius 2 is 1.86 bits per heavy atom. The number of hydrogen-bond donors (Lipinski definition) is 0. The molecule has 6 rings (SSSR count). The molecule has 5 nitrogen and oxygen atoms in total. The standard InChI is InChI=1S/C29H19ClFNO4S/c30-26-11-10-25(37-26)24-14-22(21-8-4-5-9-23(21)32-24)28(33)34-15-18-12-20(31)13-19-16-35-29(36-27(18)19)17-6-2-1-3-7-17/h1-14,29H,15-16H2. The van der Waals surface area contributed by atoms with Crippen LogP contribution in [-0.2, 0) is 22.7 Å². The SMILES string of the molecule is O=C(OCc1cc(F)cc2c1OC(c1ccccc1)OC2)c1cc(-c2ccc(Cl)s2)nc2ccccc12. The monoisotopic (exact) mass is 531 g/mol. The molecule has 37 heavy (non-hydrogen) atoms. The van der Waals surface area contributed by atoms with Crippen molar-refractivity contribution in [2.24, 2.45) is 0 Å². The molecule has 0 amide bonds. The first-order valence-corrected chi connectivity index (χ1v) is 12.7. The fraction of sp³-hybridized carbons (Fsp3) is 0.103. The van der Waals surface area contributed by atoms with Crippen molar-refractivity contribution >= 4 is 39.8 Å². The molecule has 0 saturated carbocycles. The van der Waals surface area contributed by atoms with Crippen LogP contribution in [0, 0.1) is 5.82 Å². The van der Waals surface area contributed by atoms with Crippen LogP contribution in [0.1, 0.15) is 33.3 Å². The average Bonchev–Trinajstić information content (AvgIpc) is 3.37. The molecule has 5 aromatic rings. The number of para-hydroxylation sites is 1. The third-order valence-electron chi connectivity index (χ3n) is 6.01. The number of halogens is 2. The van der Waals surface area contributed by atoms with E-state index in [4.69, 9.17) is 25.8 Å². The van der Waals surface area contributed by atoms with E-state index in [1.54, 1.807) is 12.1 Å². The summed E-state index contributed by atoms with van der Waals surface area (Å²) in [5, 5.41) is 0.661. The van der Waals surface area contributed by atoms with Gasteiger partial charge in [-0.15, -0.1) is 11.3 Å². The lowest BCUT2D eigenvalue weighted by atomic mass is 10.1. The third kappa shape index (κ3) is 4.81. The first-order chi connectivity index (χ1) is 18.0. The topological polar surface area (TPSA) is 57.7 Å². The molecule has 0 N–H and O–H groups in total. The molecule has 1 aliphatic rings. The zero-order chi connectivity index (χ0) is 25.4. The number of thiophene rings is 1. The van der Waals surface area contributed by atoms with E-state index < -0.39 is 18.1 Å². The molecule has 2 aromatic heterocycles. The van der Waals surface area contributed by atoms with Crippen LogP contribution in [0.5, 0.6) is 5.75 Å². The fourth-order valence-electron chi connectivity index (χ4n) is 4.30. The number of hydrogen-bond acceptors (Lipinski definition) is 6. The van der Waals surface area contributed by atoms with E-state index in [0.717, 1.165) is 10.4 Å². The van der Waals surface area contributed by atoms with Gasteiger partial charge in [-0.2, -0.15) is 0 Å². The minimum Gasteiger partial charge on any atom is -0.460 e. The number of benzene rings is 3. The quantitative estimate of drug-likeness (QED) is 0.217. The number of rotatable bonds is 5. The van der Waals surface area contributed by atoms with E-state index in [2.05, 4.69) is 4.98 Å². The van der Waals surface area contributed by atoms with Gasteiger partial charge in [0.25, 0.3) is 0 Å². The Bertz CT molecular complexity index is 1620. The Morgan fingerprint density at radius 3 is 2.68 bits per heavy atom. The second kappa shape index (κ2) is 9.94. The van der Waals surface area contributed by atoms with Crippen molar-refractivity contribution in [1.82, 2.24) is 4.98 Å². The Hall–Kier alpha value is -3.78. The summed E-state index contributed by atoms with van der Waals surface area (Å²) in [6, 6.07) is 24.9. The Balaban J connectivity index is 1.30. The van der Waals surface area contributed by atoms with Crippen LogP contribution in [0.15, 0.2) is 84.9 Å². The van der Waals surface area contributed by atoms with Crippen LogP contribution >= 0.6 is 22.9 Å². The predicted octanol–water partition coefficient (Wildman–Crippen LogP) is 7.72. The number of carbonyl (C=O) groups is 1. The number of ether oxygens (including phenoxy) is 3. The average molecular weight is 532 g/mol. The molecule has 0 radical (unpaired) electrons. The number of carbonyl (C=O) groups excluding carboxylic acids is 1. The van der Waals surface area contributed by atoms with E-state index in [-0.39, 0.29) is 13.2 Å². The number of nitrogens with zero attached hydrogens (tertiary/aromatic N) is 1. The van der Waals surface area contributed by atoms with Gasteiger partial charge in [-0.25, -0.2) is 14.2 Å². The number of pyridine rings is 1. The van der Waals surface area contributed by atoms with Crippen LogP contribution in [0.3, 0.4) is 0 Å². The van der Waals surface area contributed by atoms with E-state index in [0.29, 0.717) is 43.4 Å². The van der Waals surface area contributed by atoms with E-state index in [9.17, 15) is 9.18 Å².